The zero-order chi connectivity index (χ0) is 12.9. The van der Waals surface area contributed by atoms with Crippen LogP contribution in [-0.4, -0.2) is 18.6 Å². The Morgan fingerprint density at radius 1 is 1.41 bits per heavy atom. The lowest BCUT2D eigenvalue weighted by molar-refractivity contribution is -0.147. The van der Waals surface area contributed by atoms with Crippen molar-refractivity contribution in [1.29, 1.82) is 0 Å². The minimum Gasteiger partial charge on any atom is -0.468 e. The van der Waals surface area contributed by atoms with E-state index in [1.54, 1.807) is 6.92 Å². The van der Waals surface area contributed by atoms with E-state index in [0.717, 1.165) is 5.56 Å². The molecule has 0 aromatic heterocycles. The van der Waals surface area contributed by atoms with Crippen LogP contribution in [0.15, 0.2) is 36.4 Å². The van der Waals surface area contributed by atoms with Gasteiger partial charge in [-0.25, -0.2) is 0 Å². The van der Waals surface area contributed by atoms with E-state index in [2.05, 4.69) is 0 Å². The average Bonchev–Trinajstić information content (AvgIpc) is 2.35. The third kappa shape index (κ3) is 3.43. The lowest BCUT2D eigenvalue weighted by Crippen LogP contribution is -2.50. The minimum absolute atomic E-state index is 0.102. The molecule has 0 saturated carbocycles. The van der Waals surface area contributed by atoms with Gasteiger partial charge in [0.2, 0.25) is 0 Å². The SMILES string of the molecule is COC(=O)[C@@](C)(N)[C@@H](C)/C=C/c1ccccc1. The first kappa shape index (κ1) is 13.5. The van der Waals surface area contributed by atoms with Crippen LogP contribution >= 0.6 is 0 Å². The number of rotatable bonds is 4. The molecule has 0 aliphatic heterocycles. The summed E-state index contributed by atoms with van der Waals surface area (Å²) in [5.74, 6) is -0.502. The van der Waals surface area contributed by atoms with Crippen LogP contribution in [-0.2, 0) is 9.53 Å². The molecular formula is C14H19NO2. The van der Waals surface area contributed by atoms with Gasteiger partial charge in [0.05, 0.1) is 7.11 Å². The standard InChI is InChI=1S/C14H19NO2/c1-11(14(2,15)13(16)17-3)9-10-12-7-5-4-6-8-12/h4-11H,15H2,1-3H3/b10-9+/t11-,14-/m0/s1. The second-order valence-corrected chi connectivity index (χ2v) is 4.33. The van der Waals surface area contributed by atoms with Gasteiger partial charge < -0.3 is 10.5 Å². The Morgan fingerprint density at radius 3 is 2.53 bits per heavy atom. The van der Waals surface area contributed by atoms with Gasteiger partial charge in [0.25, 0.3) is 0 Å². The van der Waals surface area contributed by atoms with Crippen LogP contribution in [0.4, 0.5) is 0 Å². The van der Waals surface area contributed by atoms with Crippen molar-refractivity contribution in [2.75, 3.05) is 7.11 Å². The molecule has 0 bridgehead atoms. The molecule has 0 spiro atoms. The Kier molecular flexibility index (Phi) is 4.46. The van der Waals surface area contributed by atoms with E-state index >= 15 is 0 Å². The van der Waals surface area contributed by atoms with Gasteiger partial charge in [0.15, 0.2) is 0 Å². The fourth-order valence-electron chi connectivity index (χ4n) is 1.43. The van der Waals surface area contributed by atoms with Crippen molar-refractivity contribution in [1.82, 2.24) is 0 Å². The first-order valence-corrected chi connectivity index (χ1v) is 5.59. The summed E-state index contributed by atoms with van der Waals surface area (Å²) < 4.78 is 4.69. The van der Waals surface area contributed by atoms with Crippen molar-refractivity contribution in [3.8, 4) is 0 Å². The maximum absolute atomic E-state index is 11.5. The van der Waals surface area contributed by atoms with Crippen molar-refractivity contribution >= 4 is 12.0 Å². The zero-order valence-corrected chi connectivity index (χ0v) is 10.5. The summed E-state index contributed by atoms with van der Waals surface area (Å²) in [6, 6.07) is 9.88. The van der Waals surface area contributed by atoms with Crippen LogP contribution in [0.1, 0.15) is 19.4 Å². The van der Waals surface area contributed by atoms with Crippen LogP contribution in [0.5, 0.6) is 0 Å². The molecule has 0 saturated heterocycles. The Morgan fingerprint density at radius 2 is 2.00 bits per heavy atom. The lowest BCUT2D eigenvalue weighted by atomic mass is 9.87. The molecule has 0 aliphatic carbocycles. The number of hydrogen-bond acceptors (Lipinski definition) is 3. The number of esters is 1. The number of nitrogens with two attached hydrogens (primary N) is 1. The van der Waals surface area contributed by atoms with E-state index in [-0.39, 0.29) is 5.92 Å². The molecule has 1 rings (SSSR count). The molecule has 3 heteroatoms. The molecular weight excluding hydrogens is 214 g/mol. The predicted molar refractivity (Wildman–Crippen MR) is 69.2 cm³/mol. The molecule has 2 atom stereocenters. The van der Waals surface area contributed by atoms with Gasteiger partial charge in [-0.2, -0.15) is 0 Å². The van der Waals surface area contributed by atoms with E-state index < -0.39 is 11.5 Å². The molecule has 0 heterocycles. The topological polar surface area (TPSA) is 52.3 Å². The molecule has 3 nitrogen and oxygen atoms in total. The summed E-state index contributed by atoms with van der Waals surface area (Å²) >= 11 is 0. The van der Waals surface area contributed by atoms with E-state index in [1.165, 1.54) is 7.11 Å². The summed E-state index contributed by atoms with van der Waals surface area (Å²) in [4.78, 5) is 11.5. The predicted octanol–water partition coefficient (Wildman–Crippen LogP) is 2.23. The Bertz CT molecular complexity index is 396. The second-order valence-electron chi connectivity index (χ2n) is 4.33. The van der Waals surface area contributed by atoms with Crippen molar-refractivity contribution in [2.24, 2.45) is 11.7 Å². The van der Waals surface area contributed by atoms with Crippen LogP contribution in [0.2, 0.25) is 0 Å². The highest BCUT2D eigenvalue weighted by molar-refractivity contribution is 5.80. The Hall–Kier alpha value is -1.61. The summed E-state index contributed by atoms with van der Waals surface area (Å²) in [5, 5.41) is 0. The van der Waals surface area contributed by atoms with E-state index in [1.807, 2.05) is 49.4 Å². The maximum atomic E-state index is 11.5. The van der Waals surface area contributed by atoms with Gasteiger partial charge in [-0.05, 0) is 12.5 Å². The molecule has 0 fully saturated rings. The average molecular weight is 233 g/mol. The fourth-order valence-corrected chi connectivity index (χ4v) is 1.43. The van der Waals surface area contributed by atoms with Crippen LogP contribution in [0, 0.1) is 5.92 Å². The molecule has 0 aliphatic rings. The van der Waals surface area contributed by atoms with Crippen molar-refractivity contribution in [3.63, 3.8) is 0 Å². The van der Waals surface area contributed by atoms with Gasteiger partial charge in [0, 0.05) is 5.92 Å². The molecule has 1 aromatic rings. The highest BCUT2D eigenvalue weighted by Crippen LogP contribution is 2.18. The number of methoxy groups -OCH3 is 1. The zero-order valence-electron chi connectivity index (χ0n) is 10.5. The lowest BCUT2D eigenvalue weighted by Gasteiger charge is -2.26. The highest BCUT2D eigenvalue weighted by atomic mass is 16.5. The van der Waals surface area contributed by atoms with E-state index in [4.69, 9.17) is 10.5 Å². The highest BCUT2D eigenvalue weighted by Gasteiger charge is 2.34. The first-order valence-electron chi connectivity index (χ1n) is 5.59. The number of hydrogen-bond donors (Lipinski definition) is 1. The summed E-state index contributed by atoms with van der Waals surface area (Å²) in [7, 11) is 1.35. The van der Waals surface area contributed by atoms with Crippen molar-refractivity contribution in [2.45, 2.75) is 19.4 Å². The normalized spacial score (nSPS) is 16.5. The second kappa shape index (κ2) is 5.64. The van der Waals surface area contributed by atoms with Gasteiger partial charge in [-0.15, -0.1) is 0 Å². The first-order chi connectivity index (χ1) is 7.98. The molecule has 17 heavy (non-hydrogen) atoms. The minimum atomic E-state index is -1.000. The largest absolute Gasteiger partial charge is 0.468 e. The Balaban J connectivity index is 2.75. The van der Waals surface area contributed by atoms with Crippen molar-refractivity contribution in [3.05, 3.63) is 42.0 Å². The summed E-state index contributed by atoms with van der Waals surface area (Å²) in [6.45, 7) is 3.58. The Labute approximate surface area is 102 Å². The third-order valence-electron chi connectivity index (χ3n) is 2.95. The van der Waals surface area contributed by atoms with Gasteiger partial charge >= 0.3 is 5.97 Å². The number of carbonyl (C=O) groups excluding carboxylic acids is 1. The maximum Gasteiger partial charge on any atom is 0.326 e. The number of benzene rings is 1. The summed E-state index contributed by atoms with van der Waals surface area (Å²) in [5.41, 5.74) is 6.04. The quantitative estimate of drug-likeness (QED) is 0.811. The molecule has 92 valence electrons. The van der Waals surface area contributed by atoms with Gasteiger partial charge in [-0.1, -0.05) is 49.4 Å². The van der Waals surface area contributed by atoms with Crippen LogP contribution in [0.25, 0.3) is 6.08 Å². The van der Waals surface area contributed by atoms with Crippen LogP contribution < -0.4 is 5.73 Å². The third-order valence-corrected chi connectivity index (χ3v) is 2.95. The molecule has 1 aromatic carbocycles. The molecule has 2 N–H and O–H groups in total. The monoisotopic (exact) mass is 233 g/mol. The summed E-state index contributed by atoms with van der Waals surface area (Å²) in [6.07, 6.45) is 3.88. The number of carbonyl (C=O) groups is 1. The van der Waals surface area contributed by atoms with Gasteiger partial charge in [0.1, 0.15) is 5.54 Å². The molecule has 0 radical (unpaired) electrons. The van der Waals surface area contributed by atoms with Crippen molar-refractivity contribution < 1.29 is 9.53 Å². The number of ether oxygens (including phenoxy) is 1. The van der Waals surface area contributed by atoms with Gasteiger partial charge in [-0.3, -0.25) is 4.79 Å². The smallest absolute Gasteiger partial charge is 0.326 e. The molecule has 0 unspecified atom stereocenters. The molecule has 0 amide bonds. The van der Waals surface area contributed by atoms with E-state index in [9.17, 15) is 4.79 Å². The fraction of sp³-hybridized carbons (Fsp3) is 0.357. The van der Waals surface area contributed by atoms with Crippen LogP contribution in [0.3, 0.4) is 0 Å². The van der Waals surface area contributed by atoms with E-state index in [0.29, 0.717) is 0 Å².